The van der Waals surface area contributed by atoms with Crippen molar-refractivity contribution in [2.24, 2.45) is 5.92 Å². The summed E-state index contributed by atoms with van der Waals surface area (Å²) in [5.74, 6) is 0.989. The van der Waals surface area contributed by atoms with Crippen LogP contribution < -0.4 is 0 Å². The fraction of sp³-hybridized carbons (Fsp3) is 0.905. The number of ether oxygens (including phenoxy) is 1. The normalized spacial score (nSPS) is 27.8. The van der Waals surface area contributed by atoms with Crippen LogP contribution in [0.3, 0.4) is 0 Å². The molecule has 2 saturated heterocycles. The first-order chi connectivity index (χ1) is 13.0. The lowest BCUT2D eigenvalue weighted by atomic mass is 9.85. The molecule has 3 atom stereocenters. The summed E-state index contributed by atoms with van der Waals surface area (Å²) in [6.07, 6.45) is 8.62. The number of nitrogens with zero attached hydrogens (tertiary/aromatic N) is 3. The monoisotopic (exact) mass is 379 g/mol. The number of fused-ring (bicyclic) bond motifs is 1. The van der Waals surface area contributed by atoms with Crippen LogP contribution >= 0.6 is 0 Å². The van der Waals surface area contributed by atoms with Gasteiger partial charge in [0.2, 0.25) is 5.91 Å². The van der Waals surface area contributed by atoms with Crippen molar-refractivity contribution in [2.75, 3.05) is 33.3 Å². The van der Waals surface area contributed by atoms with Crippen LogP contribution in [0.15, 0.2) is 0 Å². The summed E-state index contributed by atoms with van der Waals surface area (Å²) in [4.78, 5) is 30.9. The van der Waals surface area contributed by atoms with Gasteiger partial charge >= 0.3 is 6.09 Å². The Morgan fingerprint density at radius 3 is 2.63 bits per heavy atom. The number of carbonyl (C=O) groups is 2. The highest BCUT2D eigenvalue weighted by Crippen LogP contribution is 2.38. The van der Waals surface area contributed by atoms with E-state index in [-0.39, 0.29) is 6.09 Å². The maximum atomic E-state index is 12.5. The second-order valence-electron chi connectivity index (χ2n) is 8.65. The first-order valence-corrected chi connectivity index (χ1v) is 10.9. The van der Waals surface area contributed by atoms with Gasteiger partial charge in [0.05, 0.1) is 6.61 Å². The van der Waals surface area contributed by atoms with Crippen LogP contribution in [0.25, 0.3) is 0 Å². The van der Waals surface area contributed by atoms with Gasteiger partial charge < -0.3 is 19.4 Å². The van der Waals surface area contributed by atoms with Gasteiger partial charge in [-0.05, 0) is 58.9 Å². The van der Waals surface area contributed by atoms with Crippen molar-refractivity contribution < 1.29 is 14.3 Å². The van der Waals surface area contributed by atoms with E-state index in [4.69, 9.17) is 4.74 Å². The molecule has 0 N–H and O–H groups in total. The van der Waals surface area contributed by atoms with Crippen molar-refractivity contribution >= 4 is 12.0 Å². The van der Waals surface area contributed by atoms with Gasteiger partial charge in [-0.1, -0.05) is 12.8 Å². The van der Waals surface area contributed by atoms with Crippen molar-refractivity contribution in [3.63, 3.8) is 0 Å². The molecule has 1 unspecified atom stereocenters. The summed E-state index contributed by atoms with van der Waals surface area (Å²) in [6, 6.07) is 1.34. The van der Waals surface area contributed by atoms with E-state index in [1.54, 1.807) is 0 Å². The quantitative estimate of drug-likeness (QED) is 0.712. The first-order valence-electron chi connectivity index (χ1n) is 10.9. The smallest absolute Gasteiger partial charge is 0.409 e. The van der Waals surface area contributed by atoms with Gasteiger partial charge in [0.25, 0.3) is 0 Å². The van der Waals surface area contributed by atoms with Crippen LogP contribution in [0.4, 0.5) is 4.79 Å². The van der Waals surface area contributed by atoms with Gasteiger partial charge in [-0.15, -0.1) is 0 Å². The van der Waals surface area contributed by atoms with E-state index in [2.05, 4.69) is 23.8 Å². The molecule has 27 heavy (non-hydrogen) atoms. The molecular formula is C21H37N3O3. The van der Waals surface area contributed by atoms with Crippen molar-refractivity contribution in [3.05, 3.63) is 0 Å². The Morgan fingerprint density at radius 2 is 1.93 bits per heavy atom. The Bertz CT molecular complexity index is 519. The number of hydrogen-bond donors (Lipinski definition) is 0. The molecule has 0 bridgehead atoms. The van der Waals surface area contributed by atoms with Crippen molar-refractivity contribution in [2.45, 2.75) is 83.3 Å². The van der Waals surface area contributed by atoms with Gasteiger partial charge in [0, 0.05) is 44.2 Å². The molecule has 0 aromatic rings. The summed E-state index contributed by atoms with van der Waals surface area (Å²) >= 11 is 0. The van der Waals surface area contributed by atoms with Crippen LogP contribution in [-0.4, -0.2) is 78.1 Å². The molecule has 0 radical (unpaired) electrons. The zero-order valence-corrected chi connectivity index (χ0v) is 17.4. The Morgan fingerprint density at radius 1 is 1.22 bits per heavy atom. The first kappa shape index (κ1) is 20.4. The van der Waals surface area contributed by atoms with Crippen LogP contribution in [0.2, 0.25) is 0 Å². The summed E-state index contributed by atoms with van der Waals surface area (Å²) in [5, 5.41) is 0. The minimum atomic E-state index is -0.179. The van der Waals surface area contributed by atoms with Gasteiger partial charge in [0.1, 0.15) is 0 Å². The predicted octanol–water partition coefficient (Wildman–Crippen LogP) is 3.11. The number of hydrogen-bond acceptors (Lipinski definition) is 4. The Labute approximate surface area is 164 Å². The molecule has 2 aliphatic heterocycles. The van der Waals surface area contributed by atoms with E-state index in [0.717, 1.165) is 45.3 Å². The Hall–Kier alpha value is -1.30. The molecule has 0 aromatic carbocycles. The van der Waals surface area contributed by atoms with Crippen molar-refractivity contribution in [3.8, 4) is 0 Å². The third-order valence-corrected chi connectivity index (χ3v) is 6.94. The Kier molecular flexibility index (Phi) is 7.01. The van der Waals surface area contributed by atoms with Crippen molar-refractivity contribution in [1.82, 2.24) is 14.7 Å². The van der Waals surface area contributed by atoms with E-state index >= 15 is 0 Å². The molecule has 6 heteroatoms. The minimum absolute atomic E-state index is 0.179. The van der Waals surface area contributed by atoms with Crippen LogP contribution in [0.5, 0.6) is 0 Å². The Balaban J connectivity index is 1.43. The van der Waals surface area contributed by atoms with E-state index in [0.29, 0.717) is 36.6 Å². The average molecular weight is 380 g/mol. The molecule has 2 amide bonds. The highest BCUT2D eigenvalue weighted by molar-refractivity contribution is 5.79. The second-order valence-corrected chi connectivity index (χ2v) is 8.65. The zero-order valence-electron chi connectivity index (χ0n) is 17.4. The highest BCUT2D eigenvalue weighted by Gasteiger charge is 2.42. The molecule has 0 spiro atoms. The molecule has 0 aromatic heterocycles. The van der Waals surface area contributed by atoms with Crippen molar-refractivity contribution in [1.29, 1.82) is 0 Å². The van der Waals surface area contributed by atoms with Gasteiger partial charge in [-0.3, -0.25) is 4.79 Å². The summed E-state index contributed by atoms with van der Waals surface area (Å²) in [6.45, 7) is 7.07. The lowest BCUT2D eigenvalue weighted by Gasteiger charge is -2.38. The second kappa shape index (κ2) is 9.26. The molecule has 3 rings (SSSR count). The molecule has 1 aliphatic carbocycles. The number of amides is 2. The fourth-order valence-corrected chi connectivity index (χ4v) is 5.30. The number of carbonyl (C=O) groups excluding carboxylic acids is 2. The number of rotatable bonds is 6. The van der Waals surface area contributed by atoms with Crippen LogP contribution in [0.1, 0.15) is 65.2 Å². The van der Waals surface area contributed by atoms with Gasteiger partial charge in [0.15, 0.2) is 0 Å². The minimum Gasteiger partial charge on any atom is -0.450 e. The molecule has 2 heterocycles. The maximum absolute atomic E-state index is 12.5. The molecule has 3 aliphatic rings. The van der Waals surface area contributed by atoms with Crippen LogP contribution in [-0.2, 0) is 9.53 Å². The lowest BCUT2D eigenvalue weighted by molar-refractivity contribution is -0.131. The van der Waals surface area contributed by atoms with Gasteiger partial charge in [-0.2, -0.15) is 0 Å². The topological polar surface area (TPSA) is 53.1 Å². The average Bonchev–Trinajstić information content (AvgIpc) is 3.02. The molecule has 1 saturated carbocycles. The summed E-state index contributed by atoms with van der Waals surface area (Å²) in [5.41, 5.74) is 0. The standard InChI is InChI=1S/C21H37N3O3/c1-4-27-21(26)23-13-10-18(11-14-23)22(3)12-9-16(2)24-19-8-6-5-7-17(19)15-20(24)25/h16-19H,4-15H2,1-3H3/t16?,17-,19+/m1/s1. The molecule has 6 nitrogen and oxygen atoms in total. The number of likely N-dealkylation sites (tertiary alicyclic amines) is 2. The maximum Gasteiger partial charge on any atom is 0.409 e. The van der Waals surface area contributed by atoms with E-state index < -0.39 is 0 Å². The zero-order chi connectivity index (χ0) is 19.4. The summed E-state index contributed by atoms with van der Waals surface area (Å²) in [7, 11) is 2.19. The van der Waals surface area contributed by atoms with Crippen LogP contribution in [0, 0.1) is 5.92 Å². The van der Waals surface area contributed by atoms with Gasteiger partial charge in [-0.25, -0.2) is 4.79 Å². The SMILES string of the molecule is CCOC(=O)N1CCC(N(C)CCC(C)N2C(=O)C[C@H]3CCCC[C@@H]32)CC1. The van der Waals surface area contributed by atoms with E-state index in [1.807, 2.05) is 11.8 Å². The highest BCUT2D eigenvalue weighted by atomic mass is 16.6. The molecular weight excluding hydrogens is 342 g/mol. The largest absolute Gasteiger partial charge is 0.450 e. The van der Waals surface area contributed by atoms with E-state index in [9.17, 15) is 9.59 Å². The lowest BCUT2D eigenvalue weighted by Crippen LogP contribution is -2.47. The summed E-state index contributed by atoms with van der Waals surface area (Å²) < 4.78 is 5.10. The van der Waals surface area contributed by atoms with E-state index in [1.165, 1.54) is 25.7 Å². The third-order valence-electron chi connectivity index (χ3n) is 6.94. The third kappa shape index (κ3) is 4.76. The molecule has 154 valence electrons. The molecule has 3 fully saturated rings. The number of piperidine rings is 1. The predicted molar refractivity (Wildman–Crippen MR) is 106 cm³/mol. The fourth-order valence-electron chi connectivity index (χ4n) is 5.30.